The van der Waals surface area contributed by atoms with Gasteiger partial charge in [0.15, 0.2) is 0 Å². The SMILES string of the molecule is Oc1ccc(-c2cccc(C(c3ccc(-c4ccccc4)cc3)c3cc(-c4ccc(O)cc4)ccc3O)c2)cc1. The van der Waals surface area contributed by atoms with Crippen LogP contribution in [0.4, 0.5) is 0 Å². The van der Waals surface area contributed by atoms with Gasteiger partial charge in [-0.1, -0.05) is 109 Å². The van der Waals surface area contributed by atoms with Crippen molar-refractivity contribution in [2.75, 3.05) is 0 Å². The molecule has 0 amide bonds. The Morgan fingerprint density at radius 3 is 1.45 bits per heavy atom. The minimum atomic E-state index is -0.237. The van der Waals surface area contributed by atoms with Gasteiger partial charge in [0.25, 0.3) is 0 Å². The molecule has 1 atom stereocenters. The van der Waals surface area contributed by atoms with Gasteiger partial charge in [-0.3, -0.25) is 0 Å². The third-order valence-corrected chi connectivity index (χ3v) is 7.31. The summed E-state index contributed by atoms with van der Waals surface area (Å²) in [5.41, 5.74) is 9.10. The van der Waals surface area contributed by atoms with Gasteiger partial charge in [0.1, 0.15) is 17.2 Å². The van der Waals surface area contributed by atoms with E-state index in [-0.39, 0.29) is 23.2 Å². The van der Waals surface area contributed by atoms with E-state index in [2.05, 4.69) is 54.6 Å². The molecule has 3 N–H and O–H groups in total. The standard InChI is InChI=1S/C37H28O3/c38-33-18-13-27(14-19-33)30-7-4-8-32(23-30)37(29-11-9-26(10-12-29)25-5-2-1-3-6-25)35-24-31(17-22-36(35)40)28-15-20-34(39)21-16-28/h1-24,37-40H. The zero-order chi connectivity index (χ0) is 27.5. The molecule has 6 aromatic rings. The van der Waals surface area contributed by atoms with Crippen LogP contribution in [0.15, 0.2) is 146 Å². The Morgan fingerprint density at radius 1 is 0.350 bits per heavy atom. The van der Waals surface area contributed by atoms with Crippen molar-refractivity contribution < 1.29 is 15.3 Å². The predicted octanol–water partition coefficient (Wildman–Crippen LogP) is 8.98. The van der Waals surface area contributed by atoms with Gasteiger partial charge >= 0.3 is 0 Å². The van der Waals surface area contributed by atoms with E-state index in [9.17, 15) is 15.3 Å². The zero-order valence-corrected chi connectivity index (χ0v) is 21.8. The first kappa shape index (κ1) is 25.0. The molecule has 194 valence electrons. The monoisotopic (exact) mass is 520 g/mol. The Labute approximate surface area is 233 Å². The van der Waals surface area contributed by atoms with Crippen LogP contribution >= 0.6 is 0 Å². The maximum absolute atomic E-state index is 11.2. The van der Waals surface area contributed by atoms with Crippen molar-refractivity contribution >= 4 is 0 Å². The number of aromatic hydroxyl groups is 3. The van der Waals surface area contributed by atoms with E-state index < -0.39 is 0 Å². The number of phenolic OH excluding ortho intramolecular Hbond substituents is 3. The van der Waals surface area contributed by atoms with Crippen LogP contribution in [0.25, 0.3) is 33.4 Å². The van der Waals surface area contributed by atoms with Gasteiger partial charge < -0.3 is 15.3 Å². The van der Waals surface area contributed by atoms with Gasteiger partial charge in [-0.15, -0.1) is 0 Å². The van der Waals surface area contributed by atoms with Gasteiger partial charge in [-0.05, 0) is 80.9 Å². The average molecular weight is 521 g/mol. The maximum atomic E-state index is 11.2. The summed E-state index contributed by atoms with van der Waals surface area (Å²) in [7, 11) is 0. The lowest BCUT2D eigenvalue weighted by molar-refractivity contribution is 0.467. The fourth-order valence-electron chi connectivity index (χ4n) is 5.22. The molecule has 0 spiro atoms. The van der Waals surface area contributed by atoms with Crippen LogP contribution in [0.5, 0.6) is 17.2 Å². The summed E-state index contributed by atoms with van der Waals surface area (Å²) < 4.78 is 0. The smallest absolute Gasteiger partial charge is 0.119 e. The van der Waals surface area contributed by atoms with E-state index in [1.807, 2.05) is 60.7 Å². The van der Waals surface area contributed by atoms with Crippen molar-refractivity contribution in [1.82, 2.24) is 0 Å². The number of benzene rings is 6. The van der Waals surface area contributed by atoms with Crippen molar-refractivity contribution in [3.63, 3.8) is 0 Å². The second-order valence-corrected chi connectivity index (χ2v) is 9.91. The lowest BCUT2D eigenvalue weighted by Gasteiger charge is -2.22. The first-order valence-corrected chi connectivity index (χ1v) is 13.2. The fraction of sp³-hybridized carbons (Fsp3) is 0.0270. The molecule has 0 radical (unpaired) electrons. The summed E-state index contributed by atoms with van der Waals surface area (Å²) in [6.07, 6.45) is 0. The number of rotatable bonds is 6. The number of hydrogen-bond donors (Lipinski definition) is 3. The van der Waals surface area contributed by atoms with Gasteiger partial charge in [-0.2, -0.15) is 0 Å². The summed E-state index contributed by atoms with van der Waals surface area (Å²) in [4.78, 5) is 0. The van der Waals surface area contributed by atoms with Gasteiger partial charge in [0.2, 0.25) is 0 Å². The highest BCUT2D eigenvalue weighted by Gasteiger charge is 2.22. The van der Waals surface area contributed by atoms with Crippen LogP contribution in [-0.2, 0) is 0 Å². The molecule has 1 unspecified atom stereocenters. The Kier molecular flexibility index (Phi) is 6.78. The van der Waals surface area contributed by atoms with Gasteiger partial charge in [0, 0.05) is 11.5 Å². The third kappa shape index (κ3) is 5.18. The van der Waals surface area contributed by atoms with E-state index in [1.54, 1.807) is 30.3 Å². The minimum absolute atomic E-state index is 0.213. The average Bonchev–Trinajstić information content (AvgIpc) is 3.00. The van der Waals surface area contributed by atoms with Crippen molar-refractivity contribution in [2.24, 2.45) is 0 Å². The molecule has 0 saturated carbocycles. The van der Waals surface area contributed by atoms with Crippen LogP contribution in [0, 0.1) is 0 Å². The molecule has 40 heavy (non-hydrogen) atoms. The first-order valence-electron chi connectivity index (χ1n) is 13.2. The molecule has 0 aliphatic heterocycles. The Balaban J connectivity index is 1.49. The van der Waals surface area contributed by atoms with Gasteiger partial charge in [-0.25, -0.2) is 0 Å². The van der Waals surface area contributed by atoms with Crippen LogP contribution in [0.2, 0.25) is 0 Å². The highest BCUT2D eigenvalue weighted by Crippen LogP contribution is 2.41. The molecule has 0 aliphatic rings. The van der Waals surface area contributed by atoms with Crippen LogP contribution in [0.3, 0.4) is 0 Å². The molecule has 3 heteroatoms. The van der Waals surface area contributed by atoms with Crippen molar-refractivity contribution in [3.05, 3.63) is 162 Å². The lowest BCUT2D eigenvalue weighted by Crippen LogP contribution is -2.05. The molecule has 0 fully saturated rings. The molecule has 0 saturated heterocycles. The molecule has 0 aliphatic carbocycles. The second-order valence-electron chi connectivity index (χ2n) is 9.91. The number of phenols is 3. The normalized spacial score (nSPS) is 11.7. The molecule has 6 rings (SSSR count). The van der Waals surface area contributed by atoms with E-state index in [0.717, 1.165) is 50.1 Å². The Bertz CT molecular complexity index is 1740. The second kappa shape index (κ2) is 10.8. The number of hydrogen-bond acceptors (Lipinski definition) is 3. The fourth-order valence-corrected chi connectivity index (χ4v) is 5.22. The minimum Gasteiger partial charge on any atom is -0.508 e. The molecule has 0 heterocycles. The molecule has 0 bridgehead atoms. The van der Waals surface area contributed by atoms with E-state index in [0.29, 0.717) is 0 Å². The van der Waals surface area contributed by atoms with Crippen LogP contribution in [-0.4, -0.2) is 15.3 Å². The molecule has 6 aromatic carbocycles. The summed E-state index contributed by atoms with van der Waals surface area (Å²) in [6, 6.07) is 47.1. The van der Waals surface area contributed by atoms with Crippen molar-refractivity contribution in [2.45, 2.75) is 5.92 Å². The van der Waals surface area contributed by atoms with E-state index in [4.69, 9.17) is 0 Å². The topological polar surface area (TPSA) is 60.7 Å². The molecular weight excluding hydrogens is 492 g/mol. The quantitative estimate of drug-likeness (QED) is 0.192. The highest BCUT2D eigenvalue weighted by atomic mass is 16.3. The highest BCUT2D eigenvalue weighted by molar-refractivity contribution is 5.70. The summed E-state index contributed by atoms with van der Waals surface area (Å²) in [5, 5.41) is 30.7. The molecule has 0 aromatic heterocycles. The Hall–Kier alpha value is -5.28. The first-order chi connectivity index (χ1) is 19.5. The predicted molar refractivity (Wildman–Crippen MR) is 162 cm³/mol. The third-order valence-electron chi connectivity index (χ3n) is 7.31. The molecular formula is C37H28O3. The van der Waals surface area contributed by atoms with E-state index in [1.165, 1.54) is 0 Å². The lowest BCUT2D eigenvalue weighted by atomic mass is 9.82. The van der Waals surface area contributed by atoms with Crippen molar-refractivity contribution in [3.8, 4) is 50.6 Å². The Morgan fingerprint density at radius 2 is 0.825 bits per heavy atom. The summed E-state index contributed by atoms with van der Waals surface area (Å²) in [6.45, 7) is 0. The van der Waals surface area contributed by atoms with E-state index >= 15 is 0 Å². The van der Waals surface area contributed by atoms with Crippen LogP contribution in [0.1, 0.15) is 22.6 Å². The van der Waals surface area contributed by atoms with Gasteiger partial charge in [0.05, 0.1) is 0 Å². The largest absolute Gasteiger partial charge is 0.508 e. The summed E-state index contributed by atoms with van der Waals surface area (Å²) >= 11 is 0. The van der Waals surface area contributed by atoms with Crippen LogP contribution < -0.4 is 0 Å². The zero-order valence-electron chi connectivity index (χ0n) is 21.8. The van der Waals surface area contributed by atoms with Crippen molar-refractivity contribution in [1.29, 1.82) is 0 Å². The summed E-state index contributed by atoms with van der Waals surface area (Å²) in [5.74, 6) is 0.422. The maximum Gasteiger partial charge on any atom is 0.119 e. The molecule has 3 nitrogen and oxygen atoms in total.